The minimum atomic E-state index is -1.09. The van der Waals surface area contributed by atoms with Gasteiger partial charge in [-0.25, -0.2) is 4.98 Å². The van der Waals surface area contributed by atoms with Crippen molar-refractivity contribution in [1.82, 2.24) is 30.8 Å². The van der Waals surface area contributed by atoms with Crippen LogP contribution in [-0.2, 0) is 24.0 Å². The summed E-state index contributed by atoms with van der Waals surface area (Å²) < 4.78 is 0. The lowest BCUT2D eigenvalue weighted by Gasteiger charge is -2.38. The molecule has 0 radical (unpaired) electrons. The molecular formula is C39H57N7O6. The van der Waals surface area contributed by atoms with Crippen LogP contribution in [0.4, 0.5) is 0 Å². The van der Waals surface area contributed by atoms with Crippen molar-refractivity contribution in [3.05, 3.63) is 24.3 Å². The maximum atomic E-state index is 15.0. The van der Waals surface area contributed by atoms with E-state index in [0.29, 0.717) is 19.4 Å². The number of hydrogen-bond acceptors (Lipinski definition) is 8. The van der Waals surface area contributed by atoms with E-state index >= 15 is 0 Å². The van der Waals surface area contributed by atoms with Crippen LogP contribution in [0.25, 0.3) is 0 Å². The number of nitrogens with zero attached hydrogens (tertiary/aromatic N) is 3. The molecule has 1 saturated heterocycles. The number of amides is 5. The number of carbonyl (C=O) groups is 6. The summed E-state index contributed by atoms with van der Waals surface area (Å²) in [6, 6.07) is -3.88. The molecule has 284 valence electrons. The molecular weight excluding hydrogens is 662 g/mol. The highest BCUT2D eigenvalue weighted by molar-refractivity contribution is 6.37. The van der Waals surface area contributed by atoms with Gasteiger partial charge in [0, 0.05) is 24.4 Å². The topological polar surface area (TPSA) is 194 Å². The first-order valence-corrected chi connectivity index (χ1v) is 19.3. The average Bonchev–Trinajstić information content (AvgIpc) is 3.28. The van der Waals surface area contributed by atoms with Crippen LogP contribution in [0.5, 0.6) is 0 Å². The summed E-state index contributed by atoms with van der Waals surface area (Å²) in [7, 11) is 0. The molecule has 2 spiro atoms. The average molecular weight is 720 g/mol. The van der Waals surface area contributed by atoms with Crippen molar-refractivity contribution < 1.29 is 28.8 Å². The van der Waals surface area contributed by atoms with Gasteiger partial charge in [0.25, 0.3) is 11.8 Å². The summed E-state index contributed by atoms with van der Waals surface area (Å²) in [5.74, 6) is -3.65. The van der Waals surface area contributed by atoms with Crippen molar-refractivity contribution >= 4 is 35.3 Å². The lowest BCUT2D eigenvalue weighted by Crippen LogP contribution is -2.62. The SMILES string of the molecule is CC(C)(C)[C@H](NC(=O)[C@@H](NC(=O)c1cnccn1)C1CCCCC1)C(=O)N1CC2(C[C@H]1C(=O)NC(CC1CCC1)C(=O)C(N)=O)C(C)(C)C21CCC1. The molecule has 1 aromatic rings. The molecule has 1 aromatic heterocycles. The number of carbonyl (C=O) groups excluding carboxylic acids is 6. The standard InChI is InChI=1S/C39H57N7O6/c1-36(2,3)30(45-34(51)28(24-13-7-6-8-14-24)44-32(49)26-21-41-17-18-42-26)35(52)46-22-39(37(4,5)38(39)15-10-16-38)20-27(46)33(50)43-25(29(47)31(40)48)19-23-11-9-12-23/h17-18,21,23-25,27-28,30H,6-16,19-20,22H2,1-5H3,(H2,40,48)(H,43,50)(H,44,49)(H,45,51)/t25?,27-,28-,30+,39?/m0/s1. The van der Waals surface area contributed by atoms with Crippen LogP contribution in [0.15, 0.2) is 18.6 Å². The van der Waals surface area contributed by atoms with Gasteiger partial charge in [-0.1, -0.05) is 79.6 Å². The zero-order valence-corrected chi connectivity index (χ0v) is 31.5. The molecule has 4 aliphatic carbocycles. The van der Waals surface area contributed by atoms with Gasteiger partial charge < -0.3 is 26.6 Å². The fourth-order valence-corrected chi connectivity index (χ4v) is 10.3. The fraction of sp³-hybridized carbons (Fsp3) is 0.744. The van der Waals surface area contributed by atoms with Gasteiger partial charge in [0.15, 0.2) is 0 Å². The third-order valence-corrected chi connectivity index (χ3v) is 14.0. The number of likely N-dealkylation sites (tertiary alicyclic amines) is 1. The Morgan fingerprint density at radius 1 is 0.904 bits per heavy atom. The Balaban J connectivity index is 1.28. The Bertz CT molecular complexity index is 1580. The molecule has 5 fully saturated rings. The smallest absolute Gasteiger partial charge is 0.287 e. The van der Waals surface area contributed by atoms with E-state index in [0.717, 1.165) is 70.6 Å². The van der Waals surface area contributed by atoms with Gasteiger partial charge in [0.1, 0.15) is 23.8 Å². The molecule has 13 nitrogen and oxygen atoms in total. The Hall–Kier alpha value is -3.90. The second-order valence-electron chi connectivity index (χ2n) is 17.9. The van der Waals surface area contributed by atoms with Crippen molar-refractivity contribution in [2.45, 2.75) is 142 Å². The number of nitrogens with one attached hydrogen (secondary N) is 3. The number of hydrogen-bond donors (Lipinski definition) is 4. The molecule has 2 heterocycles. The molecule has 5 atom stereocenters. The van der Waals surface area contributed by atoms with Crippen LogP contribution in [0.1, 0.15) is 129 Å². The molecule has 5 N–H and O–H groups in total. The summed E-state index contributed by atoms with van der Waals surface area (Å²) in [4.78, 5) is 91.6. The second-order valence-corrected chi connectivity index (χ2v) is 17.9. The third kappa shape index (κ3) is 6.61. The number of fused-ring (bicyclic) bond motifs is 1. The van der Waals surface area contributed by atoms with E-state index in [9.17, 15) is 28.8 Å². The second kappa shape index (κ2) is 14.2. The summed E-state index contributed by atoms with van der Waals surface area (Å²) in [6.45, 7) is 10.4. The predicted octanol–water partition coefficient (Wildman–Crippen LogP) is 3.21. The lowest BCUT2D eigenvalue weighted by atomic mass is 9.73. The van der Waals surface area contributed by atoms with E-state index in [-0.39, 0.29) is 39.7 Å². The van der Waals surface area contributed by atoms with Crippen molar-refractivity contribution in [2.75, 3.05) is 6.54 Å². The molecule has 6 rings (SSSR count). The predicted molar refractivity (Wildman–Crippen MR) is 192 cm³/mol. The van der Waals surface area contributed by atoms with Crippen LogP contribution >= 0.6 is 0 Å². The van der Waals surface area contributed by atoms with Crippen LogP contribution in [0.2, 0.25) is 0 Å². The molecule has 13 heteroatoms. The normalized spacial score (nSPS) is 26.7. The minimum absolute atomic E-state index is 0.0130. The van der Waals surface area contributed by atoms with E-state index in [2.05, 4.69) is 39.8 Å². The summed E-state index contributed by atoms with van der Waals surface area (Å²) in [5.41, 5.74) is 4.36. The Kier molecular flexibility index (Phi) is 10.3. The number of nitrogens with two attached hydrogens (primary N) is 1. The molecule has 52 heavy (non-hydrogen) atoms. The van der Waals surface area contributed by atoms with Gasteiger partial charge >= 0.3 is 0 Å². The molecule has 1 aliphatic heterocycles. The first kappa shape index (κ1) is 37.8. The number of ketones is 1. The van der Waals surface area contributed by atoms with Crippen molar-refractivity contribution in [1.29, 1.82) is 0 Å². The summed E-state index contributed by atoms with van der Waals surface area (Å²) in [6.07, 6.45) is 15.4. The molecule has 2 unspecified atom stereocenters. The quantitative estimate of drug-likeness (QED) is 0.237. The number of Topliss-reactive ketones (excluding diaryl/α,β-unsaturated/α-hetero) is 1. The van der Waals surface area contributed by atoms with Crippen LogP contribution in [0, 0.1) is 33.5 Å². The highest BCUT2D eigenvalue weighted by Crippen LogP contribution is 2.88. The lowest BCUT2D eigenvalue weighted by molar-refractivity contribution is -0.145. The van der Waals surface area contributed by atoms with E-state index in [1.807, 2.05) is 20.8 Å². The van der Waals surface area contributed by atoms with Gasteiger partial charge in [-0.2, -0.15) is 0 Å². The molecule has 0 aromatic carbocycles. The Morgan fingerprint density at radius 3 is 2.12 bits per heavy atom. The molecule has 0 bridgehead atoms. The minimum Gasteiger partial charge on any atom is -0.363 e. The van der Waals surface area contributed by atoms with Crippen LogP contribution < -0.4 is 21.7 Å². The first-order valence-electron chi connectivity index (χ1n) is 19.3. The van der Waals surface area contributed by atoms with Crippen LogP contribution in [0.3, 0.4) is 0 Å². The highest BCUT2D eigenvalue weighted by Gasteiger charge is 2.85. The number of aromatic nitrogens is 2. The number of rotatable bonds is 12. The van der Waals surface area contributed by atoms with Crippen molar-refractivity contribution in [3.8, 4) is 0 Å². The van der Waals surface area contributed by atoms with E-state index in [1.165, 1.54) is 18.6 Å². The molecule has 5 amide bonds. The Morgan fingerprint density at radius 2 is 1.60 bits per heavy atom. The van der Waals surface area contributed by atoms with E-state index in [4.69, 9.17) is 5.73 Å². The highest BCUT2D eigenvalue weighted by atomic mass is 16.2. The first-order chi connectivity index (χ1) is 24.5. The van der Waals surface area contributed by atoms with Crippen molar-refractivity contribution in [2.24, 2.45) is 39.2 Å². The molecule has 5 aliphatic rings. The van der Waals surface area contributed by atoms with E-state index < -0.39 is 59.0 Å². The Labute approximate surface area is 306 Å². The van der Waals surface area contributed by atoms with E-state index in [1.54, 1.807) is 4.90 Å². The monoisotopic (exact) mass is 719 g/mol. The van der Waals surface area contributed by atoms with Gasteiger partial charge in [-0.05, 0) is 66.6 Å². The molecule has 4 saturated carbocycles. The van der Waals surface area contributed by atoms with Gasteiger partial charge in [0.05, 0.1) is 12.2 Å². The number of primary amides is 1. The maximum Gasteiger partial charge on any atom is 0.287 e. The third-order valence-electron chi connectivity index (χ3n) is 14.0. The fourth-order valence-electron chi connectivity index (χ4n) is 10.3. The maximum absolute atomic E-state index is 15.0. The van der Waals surface area contributed by atoms with Gasteiger partial charge in [-0.3, -0.25) is 33.8 Å². The van der Waals surface area contributed by atoms with Gasteiger partial charge in [0.2, 0.25) is 23.5 Å². The van der Waals surface area contributed by atoms with Crippen molar-refractivity contribution in [3.63, 3.8) is 0 Å². The largest absolute Gasteiger partial charge is 0.363 e. The zero-order chi connectivity index (χ0) is 37.6. The summed E-state index contributed by atoms with van der Waals surface area (Å²) in [5, 5.41) is 8.83. The van der Waals surface area contributed by atoms with Crippen LogP contribution in [-0.4, -0.2) is 80.9 Å². The summed E-state index contributed by atoms with van der Waals surface area (Å²) >= 11 is 0. The zero-order valence-electron chi connectivity index (χ0n) is 31.5. The van der Waals surface area contributed by atoms with Gasteiger partial charge in [-0.15, -0.1) is 0 Å².